The van der Waals surface area contributed by atoms with Gasteiger partial charge in [-0.3, -0.25) is 19.7 Å². The highest BCUT2D eigenvalue weighted by atomic mass is 16.3. The molecule has 2 saturated heterocycles. The first-order valence-corrected chi connectivity index (χ1v) is 9.36. The molecule has 3 amide bonds. The van der Waals surface area contributed by atoms with Gasteiger partial charge in [-0.15, -0.1) is 0 Å². The third kappa shape index (κ3) is 3.47. The number of hydrogen-bond acceptors (Lipinski definition) is 6. The van der Waals surface area contributed by atoms with E-state index in [-0.39, 0.29) is 18.2 Å². The fourth-order valence-electron chi connectivity index (χ4n) is 3.95. The fourth-order valence-corrected chi connectivity index (χ4v) is 3.95. The Bertz CT molecular complexity index is 790. The van der Waals surface area contributed by atoms with Crippen LogP contribution in [0.1, 0.15) is 40.7 Å². The second-order valence-corrected chi connectivity index (χ2v) is 7.60. The molecule has 27 heavy (non-hydrogen) atoms. The lowest BCUT2D eigenvalue weighted by Gasteiger charge is -2.37. The number of nitrogens with zero attached hydrogens (tertiary/aromatic N) is 1. The molecule has 0 saturated carbocycles. The van der Waals surface area contributed by atoms with Crippen molar-refractivity contribution in [3.8, 4) is 0 Å². The first-order chi connectivity index (χ1) is 13.0. The minimum atomic E-state index is -0.607. The molecule has 0 aromatic heterocycles. The van der Waals surface area contributed by atoms with Crippen LogP contribution in [0, 0.1) is 0 Å². The van der Waals surface area contributed by atoms with Crippen LogP contribution in [-0.4, -0.2) is 59.0 Å². The van der Waals surface area contributed by atoms with Crippen molar-refractivity contribution in [2.24, 2.45) is 0 Å². The predicted molar refractivity (Wildman–Crippen MR) is 96.6 cm³/mol. The Hall–Kier alpha value is -2.29. The first-order valence-electron chi connectivity index (χ1n) is 9.36. The van der Waals surface area contributed by atoms with E-state index in [1.54, 1.807) is 11.0 Å². The minimum absolute atomic E-state index is 0.156. The van der Waals surface area contributed by atoms with Crippen LogP contribution in [0.2, 0.25) is 0 Å². The Morgan fingerprint density at radius 3 is 2.78 bits per heavy atom. The number of benzene rings is 1. The lowest BCUT2D eigenvalue weighted by atomic mass is 9.93. The highest BCUT2D eigenvalue weighted by Crippen LogP contribution is 2.29. The SMILES string of the molecule is O=C1CCC(N2Cc3c(CNCCC4(O)CNC4)cccc3C2=O)C(=O)N1. The molecule has 3 aliphatic rings. The highest BCUT2D eigenvalue weighted by molar-refractivity contribution is 6.05. The third-order valence-corrected chi connectivity index (χ3v) is 5.67. The van der Waals surface area contributed by atoms with E-state index in [1.807, 2.05) is 12.1 Å². The number of β-amino-alcohol motifs (C(OH)–C–C–N with tert-alkyl or cyclic N) is 1. The summed E-state index contributed by atoms with van der Waals surface area (Å²) in [7, 11) is 0. The summed E-state index contributed by atoms with van der Waals surface area (Å²) in [6, 6.07) is 5.02. The van der Waals surface area contributed by atoms with Gasteiger partial charge in [-0.1, -0.05) is 12.1 Å². The number of aliphatic hydroxyl groups is 1. The van der Waals surface area contributed by atoms with Crippen molar-refractivity contribution in [3.05, 3.63) is 34.9 Å². The van der Waals surface area contributed by atoms with Gasteiger partial charge in [0.15, 0.2) is 0 Å². The molecular formula is C19H24N4O4. The maximum atomic E-state index is 12.8. The van der Waals surface area contributed by atoms with Crippen LogP contribution >= 0.6 is 0 Å². The van der Waals surface area contributed by atoms with Gasteiger partial charge in [0, 0.05) is 38.2 Å². The quantitative estimate of drug-likeness (QED) is 0.387. The van der Waals surface area contributed by atoms with Crippen LogP contribution in [0.4, 0.5) is 0 Å². The van der Waals surface area contributed by atoms with Crippen LogP contribution < -0.4 is 16.0 Å². The molecular weight excluding hydrogens is 348 g/mol. The highest BCUT2D eigenvalue weighted by Gasteiger charge is 2.39. The van der Waals surface area contributed by atoms with Crippen LogP contribution in [-0.2, 0) is 22.7 Å². The maximum Gasteiger partial charge on any atom is 0.255 e. The van der Waals surface area contributed by atoms with Gasteiger partial charge in [0.25, 0.3) is 5.91 Å². The van der Waals surface area contributed by atoms with Crippen molar-refractivity contribution in [3.63, 3.8) is 0 Å². The normalized spacial score (nSPS) is 23.8. The summed E-state index contributed by atoms with van der Waals surface area (Å²) in [5.41, 5.74) is 1.98. The lowest BCUT2D eigenvalue weighted by molar-refractivity contribution is -0.136. The summed E-state index contributed by atoms with van der Waals surface area (Å²) in [4.78, 5) is 37.9. The lowest BCUT2D eigenvalue weighted by Crippen LogP contribution is -2.60. The van der Waals surface area contributed by atoms with Gasteiger partial charge >= 0.3 is 0 Å². The van der Waals surface area contributed by atoms with Crippen LogP contribution in [0.25, 0.3) is 0 Å². The van der Waals surface area contributed by atoms with Crippen molar-refractivity contribution in [1.82, 2.24) is 20.9 Å². The molecule has 2 fully saturated rings. The van der Waals surface area contributed by atoms with Crippen molar-refractivity contribution in [2.75, 3.05) is 19.6 Å². The van der Waals surface area contributed by atoms with E-state index >= 15 is 0 Å². The zero-order chi connectivity index (χ0) is 19.0. The number of hydrogen-bond donors (Lipinski definition) is 4. The molecule has 0 spiro atoms. The molecule has 8 nitrogen and oxygen atoms in total. The van der Waals surface area contributed by atoms with Crippen molar-refractivity contribution >= 4 is 17.7 Å². The van der Waals surface area contributed by atoms with Gasteiger partial charge in [0.1, 0.15) is 6.04 Å². The van der Waals surface area contributed by atoms with E-state index in [2.05, 4.69) is 16.0 Å². The van der Waals surface area contributed by atoms with Gasteiger partial charge < -0.3 is 20.6 Å². The van der Waals surface area contributed by atoms with E-state index in [4.69, 9.17) is 0 Å². The summed E-state index contributed by atoms with van der Waals surface area (Å²) in [5.74, 6) is -0.834. The molecule has 144 valence electrons. The maximum absolute atomic E-state index is 12.8. The van der Waals surface area contributed by atoms with E-state index in [0.717, 1.165) is 11.1 Å². The zero-order valence-electron chi connectivity index (χ0n) is 15.1. The van der Waals surface area contributed by atoms with Gasteiger partial charge in [-0.2, -0.15) is 0 Å². The second-order valence-electron chi connectivity index (χ2n) is 7.60. The molecule has 8 heteroatoms. The molecule has 1 unspecified atom stereocenters. The standard InChI is InChI=1S/C19H24N4O4/c24-16-5-4-15(17(25)22-16)23-9-14-12(2-1-3-13(14)18(23)26)8-20-7-6-19(27)10-21-11-19/h1-3,15,20-21,27H,4-11H2,(H,22,24,25). The Labute approximate surface area is 157 Å². The summed E-state index contributed by atoms with van der Waals surface area (Å²) in [5, 5.41) is 18.8. The summed E-state index contributed by atoms with van der Waals surface area (Å²) >= 11 is 0. The predicted octanol–water partition coefficient (Wildman–Crippen LogP) is -0.738. The van der Waals surface area contributed by atoms with Crippen molar-refractivity contribution in [1.29, 1.82) is 0 Å². The molecule has 0 bridgehead atoms. The van der Waals surface area contributed by atoms with E-state index < -0.39 is 17.6 Å². The Morgan fingerprint density at radius 1 is 1.26 bits per heavy atom. The largest absolute Gasteiger partial charge is 0.387 e. The average molecular weight is 372 g/mol. The van der Waals surface area contributed by atoms with Gasteiger partial charge in [0.2, 0.25) is 11.8 Å². The van der Waals surface area contributed by atoms with Gasteiger partial charge in [0.05, 0.1) is 5.60 Å². The molecule has 0 radical (unpaired) electrons. The monoisotopic (exact) mass is 372 g/mol. The van der Waals surface area contributed by atoms with Gasteiger partial charge in [-0.25, -0.2) is 0 Å². The third-order valence-electron chi connectivity index (χ3n) is 5.67. The summed E-state index contributed by atoms with van der Waals surface area (Å²) in [6.07, 6.45) is 1.30. The molecule has 1 aromatic rings. The molecule has 4 N–H and O–H groups in total. The van der Waals surface area contributed by atoms with Crippen LogP contribution in [0.3, 0.4) is 0 Å². The number of piperidine rings is 1. The molecule has 1 aromatic carbocycles. The van der Waals surface area contributed by atoms with E-state index in [0.29, 0.717) is 51.1 Å². The number of rotatable bonds is 6. The van der Waals surface area contributed by atoms with E-state index in [9.17, 15) is 19.5 Å². The van der Waals surface area contributed by atoms with Crippen molar-refractivity contribution < 1.29 is 19.5 Å². The Morgan fingerprint density at radius 2 is 2.07 bits per heavy atom. The molecule has 3 aliphatic heterocycles. The fraction of sp³-hybridized carbons (Fsp3) is 0.526. The zero-order valence-corrected chi connectivity index (χ0v) is 15.1. The van der Waals surface area contributed by atoms with Crippen LogP contribution in [0.15, 0.2) is 18.2 Å². The molecule has 4 rings (SSSR count). The smallest absolute Gasteiger partial charge is 0.255 e. The molecule has 3 heterocycles. The molecule has 0 aliphatic carbocycles. The van der Waals surface area contributed by atoms with Crippen molar-refractivity contribution in [2.45, 2.75) is 44.0 Å². The number of imide groups is 1. The molecule has 1 atom stereocenters. The van der Waals surface area contributed by atoms with Crippen LogP contribution in [0.5, 0.6) is 0 Å². The minimum Gasteiger partial charge on any atom is -0.387 e. The van der Waals surface area contributed by atoms with E-state index in [1.165, 1.54) is 0 Å². The second kappa shape index (κ2) is 7.03. The summed E-state index contributed by atoms with van der Waals surface area (Å²) in [6.45, 7) is 2.93. The number of carbonyl (C=O) groups excluding carboxylic acids is 3. The number of nitrogens with one attached hydrogen (secondary N) is 3. The average Bonchev–Trinajstić information content (AvgIpc) is 2.95. The number of amides is 3. The first kappa shape index (κ1) is 18.1. The summed E-state index contributed by atoms with van der Waals surface area (Å²) < 4.78 is 0. The number of carbonyl (C=O) groups is 3. The topological polar surface area (TPSA) is 111 Å². The van der Waals surface area contributed by atoms with Gasteiger partial charge in [-0.05, 0) is 36.6 Å². The Balaban J connectivity index is 1.41. The number of fused-ring (bicyclic) bond motifs is 1. The Kier molecular flexibility index (Phi) is 4.71.